The summed E-state index contributed by atoms with van der Waals surface area (Å²) in [5, 5.41) is 0. The summed E-state index contributed by atoms with van der Waals surface area (Å²) >= 11 is 0. The van der Waals surface area contributed by atoms with Crippen molar-refractivity contribution in [2.45, 2.75) is 44.7 Å². The highest BCUT2D eigenvalue weighted by atomic mass is 19.4. The first-order valence-electron chi connectivity index (χ1n) is 9.63. The molecule has 2 aliphatic heterocycles. The van der Waals surface area contributed by atoms with Crippen LogP contribution in [0.25, 0.3) is 0 Å². The number of aromatic nitrogens is 3. The molecule has 162 valence electrons. The zero-order valence-corrected chi connectivity index (χ0v) is 16.3. The van der Waals surface area contributed by atoms with Crippen molar-refractivity contribution in [3.63, 3.8) is 0 Å². The third-order valence-electron chi connectivity index (χ3n) is 5.39. The van der Waals surface area contributed by atoms with Gasteiger partial charge in [-0.1, -0.05) is 0 Å². The summed E-state index contributed by atoms with van der Waals surface area (Å²) in [5.41, 5.74) is -0.159. The van der Waals surface area contributed by atoms with Crippen LogP contribution in [0.5, 0.6) is 0 Å². The van der Waals surface area contributed by atoms with Crippen molar-refractivity contribution in [3.05, 3.63) is 46.3 Å². The van der Waals surface area contributed by atoms with Crippen LogP contribution in [0.4, 0.5) is 29.3 Å². The molecule has 2 aromatic rings. The van der Waals surface area contributed by atoms with Crippen LogP contribution >= 0.6 is 0 Å². The molecule has 0 aliphatic carbocycles. The van der Waals surface area contributed by atoms with Gasteiger partial charge in [0, 0.05) is 31.9 Å². The lowest BCUT2D eigenvalue weighted by atomic mass is 10.1. The minimum Gasteiger partial charge on any atom is -0.377 e. The van der Waals surface area contributed by atoms with E-state index in [1.165, 1.54) is 16.8 Å². The second-order valence-electron chi connectivity index (χ2n) is 7.51. The maximum atomic E-state index is 13.8. The Kier molecular flexibility index (Phi) is 5.39. The monoisotopic (exact) mass is 427 g/mol. The van der Waals surface area contributed by atoms with Crippen LogP contribution in [0.1, 0.15) is 18.9 Å². The Morgan fingerprint density at radius 1 is 1.23 bits per heavy atom. The first-order valence-corrected chi connectivity index (χ1v) is 9.63. The number of hydrogen-bond acceptors (Lipinski definition) is 6. The number of anilines is 2. The van der Waals surface area contributed by atoms with Gasteiger partial charge >= 0.3 is 6.18 Å². The second-order valence-corrected chi connectivity index (χ2v) is 7.51. The molecule has 2 atom stereocenters. The lowest BCUT2D eigenvalue weighted by molar-refractivity contribution is -0.153. The third-order valence-corrected chi connectivity index (χ3v) is 5.39. The molecule has 0 N–H and O–H groups in total. The van der Waals surface area contributed by atoms with Crippen LogP contribution in [0.15, 0.2) is 29.3 Å². The van der Waals surface area contributed by atoms with E-state index in [2.05, 4.69) is 9.97 Å². The van der Waals surface area contributed by atoms with E-state index in [9.17, 15) is 22.4 Å². The first-order chi connectivity index (χ1) is 14.2. The average molecular weight is 427 g/mol. The molecule has 1 unspecified atom stereocenters. The molecule has 0 amide bonds. The molecule has 7 nitrogen and oxygen atoms in total. The number of morpholine rings is 1. The van der Waals surface area contributed by atoms with Crippen LogP contribution < -0.4 is 15.4 Å². The fourth-order valence-electron chi connectivity index (χ4n) is 3.93. The molecule has 2 aliphatic rings. The molecule has 0 bridgehead atoms. The summed E-state index contributed by atoms with van der Waals surface area (Å²) < 4.78 is 61.6. The van der Waals surface area contributed by atoms with Gasteiger partial charge in [0.15, 0.2) is 0 Å². The molecule has 4 heterocycles. The predicted molar refractivity (Wildman–Crippen MR) is 101 cm³/mol. The number of fused-ring (bicyclic) bond motifs is 1. The van der Waals surface area contributed by atoms with Crippen molar-refractivity contribution in [1.29, 1.82) is 0 Å². The molecular formula is C19H21F4N5O2. The Labute approximate surface area is 169 Å². The van der Waals surface area contributed by atoms with Gasteiger partial charge in [-0.2, -0.15) is 18.2 Å². The normalized spacial score (nSPS) is 22.2. The van der Waals surface area contributed by atoms with Crippen LogP contribution in [-0.4, -0.2) is 52.6 Å². The standard InChI is InChI=1S/C19H21F4N5O2/c1-12-11-30-5-4-26(12)16-7-17(29)27-3-2-15(19(21,22)23)28(18(27)25-16)10-13-6-14(20)9-24-8-13/h6-9,12,15H,2-5,10-11H2,1H3/t12-,15?/m1/s1. The molecule has 0 spiro atoms. The topological polar surface area (TPSA) is 63.5 Å². The van der Waals surface area contributed by atoms with Crippen LogP contribution in [0.3, 0.4) is 0 Å². The van der Waals surface area contributed by atoms with Gasteiger partial charge in [-0.15, -0.1) is 0 Å². The average Bonchev–Trinajstić information content (AvgIpc) is 2.68. The number of rotatable bonds is 3. The molecule has 4 rings (SSSR count). The van der Waals surface area contributed by atoms with E-state index in [0.29, 0.717) is 25.6 Å². The van der Waals surface area contributed by atoms with Gasteiger partial charge in [-0.25, -0.2) is 4.39 Å². The number of pyridine rings is 1. The van der Waals surface area contributed by atoms with E-state index in [-0.39, 0.29) is 37.1 Å². The molecule has 0 saturated carbocycles. The quantitative estimate of drug-likeness (QED) is 0.701. The smallest absolute Gasteiger partial charge is 0.377 e. The van der Waals surface area contributed by atoms with Crippen LogP contribution in [0, 0.1) is 5.82 Å². The molecule has 1 fully saturated rings. The Hall–Kier alpha value is -2.69. The van der Waals surface area contributed by atoms with E-state index in [1.807, 2.05) is 11.8 Å². The Morgan fingerprint density at radius 2 is 2.03 bits per heavy atom. The second kappa shape index (κ2) is 7.86. The van der Waals surface area contributed by atoms with Crippen molar-refractivity contribution in [1.82, 2.24) is 14.5 Å². The van der Waals surface area contributed by atoms with Crippen LogP contribution in [0.2, 0.25) is 0 Å². The number of alkyl halides is 3. The van der Waals surface area contributed by atoms with Crippen molar-refractivity contribution in [2.75, 3.05) is 29.6 Å². The van der Waals surface area contributed by atoms with Gasteiger partial charge in [0.2, 0.25) is 5.95 Å². The van der Waals surface area contributed by atoms with Gasteiger partial charge < -0.3 is 14.5 Å². The van der Waals surface area contributed by atoms with Gasteiger partial charge in [0.25, 0.3) is 5.56 Å². The Morgan fingerprint density at radius 3 is 2.73 bits per heavy atom. The van der Waals surface area contributed by atoms with E-state index < -0.39 is 23.6 Å². The van der Waals surface area contributed by atoms with Gasteiger partial charge in [-0.05, 0) is 25.0 Å². The zero-order valence-electron chi connectivity index (χ0n) is 16.3. The van der Waals surface area contributed by atoms with Crippen molar-refractivity contribution in [2.24, 2.45) is 0 Å². The van der Waals surface area contributed by atoms with E-state index in [1.54, 1.807) is 0 Å². The minimum atomic E-state index is -4.54. The predicted octanol–water partition coefficient (Wildman–Crippen LogP) is 2.34. The molecule has 30 heavy (non-hydrogen) atoms. The van der Waals surface area contributed by atoms with Gasteiger partial charge in [0.05, 0.1) is 25.5 Å². The molecule has 0 radical (unpaired) electrons. The molecule has 1 saturated heterocycles. The fraction of sp³-hybridized carbons (Fsp3) is 0.526. The summed E-state index contributed by atoms with van der Waals surface area (Å²) in [6, 6.07) is 0.564. The van der Waals surface area contributed by atoms with E-state index >= 15 is 0 Å². The Balaban J connectivity index is 1.79. The number of ether oxygens (including phenoxy) is 1. The van der Waals surface area contributed by atoms with Crippen molar-refractivity contribution >= 4 is 11.8 Å². The first kappa shape index (κ1) is 20.6. The highest BCUT2D eigenvalue weighted by Gasteiger charge is 2.47. The maximum absolute atomic E-state index is 13.8. The lowest BCUT2D eigenvalue weighted by Crippen LogP contribution is -2.52. The molecule has 11 heteroatoms. The van der Waals surface area contributed by atoms with Crippen LogP contribution in [-0.2, 0) is 17.8 Å². The summed E-state index contributed by atoms with van der Waals surface area (Å²) in [6.07, 6.45) is -2.54. The lowest BCUT2D eigenvalue weighted by Gasteiger charge is -2.40. The number of halogens is 4. The third kappa shape index (κ3) is 3.98. The fourth-order valence-corrected chi connectivity index (χ4v) is 3.93. The number of nitrogens with zero attached hydrogens (tertiary/aromatic N) is 5. The summed E-state index contributed by atoms with van der Waals surface area (Å²) in [4.78, 5) is 23.8. The minimum absolute atomic E-state index is 0.0726. The molecular weight excluding hydrogens is 406 g/mol. The van der Waals surface area contributed by atoms with Crippen molar-refractivity contribution < 1.29 is 22.3 Å². The van der Waals surface area contributed by atoms with E-state index in [0.717, 1.165) is 17.2 Å². The molecule has 2 aromatic heterocycles. The maximum Gasteiger partial charge on any atom is 0.408 e. The molecule has 0 aromatic carbocycles. The Bertz CT molecular complexity index is 980. The highest BCUT2D eigenvalue weighted by molar-refractivity contribution is 5.48. The van der Waals surface area contributed by atoms with Gasteiger partial charge in [0.1, 0.15) is 17.7 Å². The number of hydrogen-bond donors (Lipinski definition) is 0. The van der Waals surface area contributed by atoms with Crippen molar-refractivity contribution in [3.8, 4) is 0 Å². The summed E-state index contributed by atoms with van der Waals surface area (Å²) in [6.45, 7) is 2.88. The van der Waals surface area contributed by atoms with E-state index in [4.69, 9.17) is 4.74 Å². The van der Waals surface area contributed by atoms with Gasteiger partial charge in [-0.3, -0.25) is 14.3 Å². The largest absolute Gasteiger partial charge is 0.408 e. The summed E-state index contributed by atoms with van der Waals surface area (Å²) in [5.74, 6) is -0.407. The summed E-state index contributed by atoms with van der Waals surface area (Å²) in [7, 11) is 0. The highest BCUT2D eigenvalue weighted by Crippen LogP contribution is 2.35. The zero-order chi connectivity index (χ0) is 21.5. The SMILES string of the molecule is C[C@@H]1COCCN1c1cc(=O)n2c(n1)N(Cc1cncc(F)c1)C(C(F)(F)F)CC2.